The van der Waals surface area contributed by atoms with Gasteiger partial charge >= 0.3 is 0 Å². The van der Waals surface area contributed by atoms with E-state index in [9.17, 15) is 0 Å². The first-order chi connectivity index (χ1) is 12.3. The maximum atomic E-state index is 9.12. The highest BCUT2D eigenvalue weighted by atomic mass is 16.3. The first kappa shape index (κ1) is 18.2. The molecule has 1 aliphatic carbocycles. The highest BCUT2D eigenvalue weighted by Gasteiger charge is 2.22. The Morgan fingerprint density at radius 1 is 0.760 bits per heavy atom. The average Bonchev–Trinajstić information content (AvgIpc) is 2.68. The number of benzene rings is 2. The van der Waals surface area contributed by atoms with Crippen LogP contribution in [-0.2, 0) is 19.4 Å². The fraction of sp³-hybridized carbons (Fsp3) is 0.500. The molecule has 0 heterocycles. The van der Waals surface area contributed by atoms with Gasteiger partial charge in [-0.05, 0) is 79.0 Å². The van der Waals surface area contributed by atoms with Crippen molar-refractivity contribution in [2.24, 2.45) is 5.92 Å². The minimum absolute atomic E-state index is 0.143. The summed E-state index contributed by atoms with van der Waals surface area (Å²) in [5.41, 5.74) is 5.45. The van der Waals surface area contributed by atoms with Crippen molar-refractivity contribution in [3.63, 3.8) is 0 Å². The highest BCUT2D eigenvalue weighted by molar-refractivity contribution is 5.26. The Morgan fingerprint density at radius 3 is 1.92 bits per heavy atom. The quantitative estimate of drug-likeness (QED) is 0.653. The third-order valence-electron chi connectivity index (χ3n) is 5.88. The lowest BCUT2D eigenvalue weighted by atomic mass is 9.77. The molecule has 0 aromatic heterocycles. The van der Waals surface area contributed by atoms with Gasteiger partial charge in [-0.3, -0.25) is 0 Å². The van der Waals surface area contributed by atoms with E-state index in [1.807, 2.05) is 0 Å². The Labute approximate surface area is 153 Å². The molecule has 0 bridgehead atoms. The van der Waals surface area contributed by atoms with Gasteiger partial charge in [0.05, 0.1) is 6.61 Å². The summed E-state index contributed by atoms with van der Waals surface area (Å²) < 4.78 is 0. The van der Waals surface area contributed by atoms with Crippen LogP contribution in [0.1, 0.15) is 73.6 Å². The normalized spacial score (nSPS) is 20.6. The van der Waals surface area contributed by atoms with Crippen LogP contribution in [0.4, 0.5) is 0 Å². The van der Waals surface area contributed by atoms with Crippen LogP contribution in [0, 0.1) is 5.92 Å². The smallest absolute Gasteiger partial charge is 0.0681 e. The van der Waals surface area contributed by atoms with Crippen molar-refractivity contribution in [1.82, 2.24) is 0 Å². The van der Waals surface area contributed by atoms with E-state index in [0.29, 0.717) is 0 Å². The molecule has 0 aliphatic heterocycles. The molecular weight excluding hydrogens is 304 g/mol. The molecule has 1 aliphatic rings. The van der Waals surface area contributed by atoms with Crippen molar-refractivity contribution in [3.8, 4) is 0 Å². The summed E-state index contributed by atoms with van der Waals surface area (Å²) in [4.78, 5) is 0. The molecule has 1 saturated carbocycles. The second-order valence-electron chi connectivity index (χ2n) is 7.72. The molecule has 0 amide bonds. The second kappa shape index (κ2) is 9.20. The molecule has 25 heavy (non-hydrogen) atoms. The zero-order valence-corrected chi connectivity index (χ0v) is 15.6. The van der Waals surface area contributed by atoms with E-state index in [2.05, 4.69) is 55.5 Å². The monoisotopic (exact) mass is 336 g/mol. The maximum Gasteiger partial charge on any atom is 0.0681 e. The van der Waals surface area contributed by atoms with Crippen molar-refractivity contribution in [1.29, 1.82) is 0 Å². The molecule has 0 spiro atoms. The molecule has 0 unspecified atom stereocenters. The summed E-state index contributed by atoms with van der Waals surface area (Å²) in [6.07, 6.45) is 10.3. The Morgan fingerprint density at radius 2 is 1.32 bits per heavy atom. The van der Waals surface area contributed by atoms with E-state index in [0.717, 1.165) is 17.4 Å². The van der Waals surface area contributed by atoms with Crippen LogP contribution in [0.2, 0.25) is 0 Å². The number of aryl methyl sites for hydroxylation is 2. The summed E-state index contributed by atoms with van der Waals surface area (Å²) in [5, 5.41) is 9.12. The van der Waals surface area contributed by atoms with Gasteiger partial charge in [-0.15, -0.1) is 0 Å². The van der Waals surface area contributed by atoms with Crippen LogP contribution in [0.25, 0.3) is 0 Å². The molecular formula is C24H32O. The summed E-state index contributed by atoms with van der Waals surface area (Å²) >= 11 is 0. The Hall–Kier alpha value is -1.60. The molecule has 3 rings (SSSR count). The minimum atomic E-state index is 0.143. The van der Waals surface area contributed by atoms with E-state index in [-0.39, 0.29) is 6.61 Å². The summed E-state index contributed by atoms with van der Waals surface area (Å²) in [7, 11) is 0. The molecule has 0 atom stereocenters. The molecule has 0 saturated heterocycles. The van der Waals surface area contributed by atoms with Crippen molar-refractivity contribution >= 4 is 0 Å². The largest absolute Gasteiger partial charge is 0.392 e. The van der Waals surface area contributed by atoms with Crippen LogP contribution in [0.5, 0.6) is 0 Å². The van der Waals surface area contributed by atoms with Crippen LogP contribution in [-0.4, -0.2) is 5.11 Å². The fourth-order valence-electron chi connectivity index (χ4n) is 4.21. The number of hydrogen-bond donors (Lipinski definition) is 1. The molecule has 2 aromatic rings. The SMILES string of the molecule is CCCc1ccc([C@H]2CC[C@H](CCc3ccc(CO)cc3)CC2)cc1. The van der Waals surface area contributed by atoms with E-state index in [4.69, 9.17) is 5.11 Å². The second-order valence-corrected chi connectivity index (χ2v) is 7.72. The van der Waals surface area contributed by atoms with E-state index in [1.54, 1.807) is 5.56 Å². The van der Waals surface area contributed by atoms with E-state index < -0.39 is 0 Å². The maximum absolute atomic E-state index is 9.12. The van der Waals surface area contributed by atoms with Gasteiger partial charge in [-0.25, -0.2) is 0 Å². The van der Waals surface area contributed by atoms with E-state index in [1.165, 1.54) is 62.5 Å². The Kier molecular flexibility index (Phi) is 6.69. The third-order valence-corrected chi connectivity index (χ3v) is 5.88. The van der Waals surface area contributed by atoms with Crippen molar-refractivity contribution in [2.45, 2.75) is 70.8 Å². The van der Waals surface area contributed by atoms with Crippen LogP contribution in [0.3, 0.4) is 0 Å². The zero-order valence-electron chi connectivity index (χ0n) is 15.6. The number of aliphatic hydroxyl groups is 1. The lowest BCUT2D eigenvalue weighted by molar-refractivity contribution is 0.282. The minimum Gasteiger partial charge on any atom is -0.392 e. The molecule has 1 fully saturated rings. The van der Waals surface area contributed by atoms with Gasteiger partial charge in [0, 0.05) is 0 Å². The van der Waals surface area contributed by atoms with Crippen molar-refractivity contribution in [2.75, 3.05) is 0 Å². The molecule has 0 radical (unpaired) electrons. The van der Waals surface area contributed by atoms with Gasteiger partial charge < -0.3 is 5.11 Å². The first-order valence-corrected chi connectivity index (χ1v) is 10.1. The topological polar surface area (TPSA) is 20.2 Å². The zero-order chi connectivity index (χ0) is 17.5. The predicted octanol–water partition coefficient (Wildman–Crippen LogP) is 6.04. The molecule has 2 aromatic carbocycles. The number of aliphatic hydroxyl groups excluding tert-OH is 1. The standard InChI is InChI=1S/C24H32O/c1-2-3-19-10-14-23(15-11-19)24-16-12-21(13-17-24)5-4-20-6-8-22(18-25)9-7-20/h6-11,14-15,21,24-25H,2-5,12-13,16-18H2,1H3/t21-,24-. The molecule has 1 N–H and O–H groups in total. The van der Waals surface area contributed by atoms with Crippen molar-refractivity contribution < 1.29 is 5.11 Å². The van der Waals surface area contributed by atoms with Gasteiger partial charge in [-0.1, -0.05) is 61.9 Å². The first-order valence-electron chi connectivity index (χ1n) is 10.1. The lowest BCUT2D eigenvalue weighted by Crippen LogP contribution is -2.14. The number of hydrogen-bond acceptors (Lipinski definition) is 1. The molecule has 134 valence electrons. The van der Waals surface area contributed by atoms with Gasteiger partial charge in [0.15, 0.2) is 0 Å². The predicted molar refractivity (Wildman–Crippen MR) is 106 cm³/mol. The Balaban J connectivity index is 1.44. The van der Waals surface area contributed by atoms with Gasteiger partial charge in [-0.2, -0.15) is 0 Å². The summed E-state index contributed by atoms with van der Waals surface area (Å²) in [6, 6.07) is 17.9. The van der Waals surface area contributed by atoms with Crippen LogP contribution in [0.15, 0.2) is 48.5 Å². The third kappa shape index (κ3) is 5.19. The van der Waals surface area contributed by atoms with Crippen LogP contribution >= 0.6 is 0 Å². The van der Waals surface area contributed by atoms with Gasteiger partial charge in [0.2, 0.25) is 0 Å². The fourth-order valence-corrected chi connectivity index (χ4v) is 4.21. The number of rotatable bonds is 7. The van der Waals surface area contributed by atoms with Crippen LogP contribution < -0.4 is 0 Å². The van der Waals surface area contributed by atoms with E-state index >= 15 is 0 Å². The summed E-state index contributed by atoms with van der Waals surface area (Å²) in [6.45, 7) is 2.39. The summed E-state index contributed by atoms with van der Waals surface area (Å²) in [5.74, 6) is 1.66. The molecule has 1 nitrogen and oxygen atoms in total. The lowest BCUT2D eigenvalue weighted by Gasteiger charge is -2.29. The van der Waals surface area contributed by atoms with Crippen molar-refractivity contribution in [3.05, 3.63) is 70.8 Å². The Bertz CT molecular complexity index is 618. The average molecular weight is 337 g/mol. The van der Waals surface area contributed by atoms with Gasteiger partial charge in [0.1, 0.15) is 0 Å². The molecule has 1 heteroatoms. The highest BCUT2D eigenvalue weighted by Crippen LogP contribution is 2.37. The van der Waals surface area contributed by atoms with Gasteiger partial charge in [0.25, 0.3) is 0 Å².